The van der Waals surface area contributed by atoms with Gasteiger partial charge in [-0.25, -0.2) is 8.42 Å². The van der Waals surface area contributed by atoms with Crippen molar-refractivity contribution in [3.63, 3.8) is 0 Å². The molecule has 7 nitrogen and oxygen atoms in total. The summed E-state index contributed by atoms with van der Waals surface area (Å²) in [4.78, 5) is 12.2. The van der Waals surface area contributed by atoms with Gasteiger partial charge in [0, 0.05) is 25.2 Å². The summed E-state index contributed by atoms with van der Waals surface area (Å²) in [7, 11) is -0.275. The highest BCUT2D eigenvalue weighted by atomic mass is 32.2. The van der Waals surface area contributed by atoms with Gasteiger partial charge in [0.05, 0.1) is 20.0 Å². The number of benzene rings is 2. The summed E-state index contributed by atoms with van der Waals surface area (Å²) in [6.45, 7) is 2.92. The normalized spacial score (nSPS) is 14.1. The number of hydrogen-bond donors (Lipinski definition) is 1. The van der Waals surface area contributed by atoms with Crippen molar-refractivity contribution in [2.75, 3.05) is 33.1 Å². The summed E-state index contributed by atoms with van der Waals surface area (Å²) in [5.41, 5.74) is 3.50. The molecule has 1 heterocycles. The lowest BCUT2D eigenvalue weighted by Gasteiger charge is -2.29. The van der Waals surface area contributed by atoms with Crippen LogP contribution in [0.1, 0.15) is 33.5 Å². The van der Waals surface area contributed by atoms with Gasteiger partial charge in [-0.2, -0.15) is 4.31 Å². The van der Waals surface area contributed by atoms with Crippen LogP contribution >= 0.6 is 0 Å². The van der Waals surface area contributed by atoms with Gasteiger partial charge >= 0.3 is 0 Å². The van der Waals surface area contributed by atoms with Crippen molar-refractivity contribution in [1.29, 1.82) is 0 Å². The topological polar surface area (TPSA) is 84.9 Å². The van der Waals surface area contributed by atoms with Gasteiger partial charge in [0.2, 0.25) is 10.0 Å². The Morgan fingerprint density at radius 3 is 2.43 bits per heavy atom. The number of nitrogens with one attached hydrogen (secondary N) is 1. The van der Waals surface area contributed by atoms with Crippen LogP contribution < -0.4 is 14.8 Å². The van der Waals surface area contributed by atoms with E-state index in [2.05, 4.69) is 5.32 Å². The molecule has 8 heteroatoms. The van der Waals surface area contributed by atoms with Crippen LogP contribution in [-0.4, -0.2) is 51.7 Å². The van der Waals surface area contributed by atoms with Gasteiger partial charge in [-0.15, -0.1) is 0 Å². The number of carbonyl (C=O) groups excluding carboxylic acids is 1. The first-order valence-electron chi connectivity index (χ1n) is 9.91. The molecule has 0 atom stereocenters. The number of fused-ring (bicyclic) bond motifs is 1. The van der Waals surface area contributed by atoms with Gasteiger partial charge in [0.1, 0.15) is 0 Å². The Labute approximate surface area is 178 Å². The first-order valence-corrected chi connectivity index (χ1v) is 11.5. The molecule has 3 rings (SSSR count). The molecule has 1 aliphatic heterocycles. The largest absolute Gasteiger partial charge is 0.493 e. The van der Waals surface area contributed by atoms with Crippen molar-refractivity contribution in [1.82, 2.24) is 9.62 Å². The van der Waals surface area contributed by atoms with Gasteiger partial charge in [0.15, 0.2) is 11.5 Å². The third kappa shape index (κ3) is 4.94. The van der Waals surface area contributed by atoms with Crippen LogP contribution in [-0.2, 0) is 23.0 Å². The van der Waals surface area contributed by atoms with Crippen LogP contribution in [0.15, 0.2) is 36.4 Å². The number of aryl methyl sites for hydroxylation is 1. The molecule has 0 spiro atoms. The summed E-state index contributed by atoms with van der Waals surface area (Å²) < 4.78 is 37.8. The molecule has 0 aliphatic carbocycles. The van der Waals surface area contributed by atoms with Gasteiger partial charge < -0.3 is 14.8 Å². The molecule has 2 aromatic rings. The van der Waals surface area contributed by atoms with Crippen molar-refractivity contribution in [3.05, 3.63) is 58.7 Å². The van der Waals surface area contributed by atoms with E-state index in [0.29, 0.717) is 49.5 Å². The van der Waals surface area contributed by atoms with Crippen molar-refractivity contribution >= 4 is 15.9 Å². The van der Waals surface area contributed by atoms with E-state index in [4.69, 9.17) is 9.47 Å². The lowest BCUT2D eigenvalue weighted by molar-refractivity contribution is 0.0953. The van der Waals surface area contributed by atoms with E-state index in [1.165, 1.54) is 4.31 Å². The highest BCUT2D eigenvalue weighted by molar-refractivity contribution is 7.89. The molecular weight excluding hydrogens is 404 g/mol. The van der Waals surface area contributed by atoms with Crippen molar-refractivity contribution in [2.45, 2.75) is 26.3 Å². The zero-order valence-electron chi connectivity index (χ0n) is 17.6. The maximum absolute atomic E-state index is 12.8. The fourth-order valence-electron chi connectivity index (χ4n) is 3.60. The minimum atomic E-state index is -3.42. The van der Waals surface area contributed by atoms with Crippen LogP contribution in [0.2, 0.25) is 0 Å². The molecule has 0 saturated carbocycles. The molecule has 0 saturated heterocycles. The molecule has 0 fully saturated rings. The number of sulfonamides is 1. The molecule has 0 unspecified atom stereocenters. The van der Waals surface area contributed by atoms with Crippen LogP contribution in [0.5, 0.6) is 11.5 Å². The van der Waals surface area contributed by atoms with E-state index in [-0.39, 0.29) is 11.7 Å². The molecule has 0 aromatic heterocycles. The maximum atomic E-state index is 12.8. The highest BCUT2D eigenvalue weighted by Crippen LogP contribution is 2.33. The van der Waals surface area contributed by atoms with Crippen LogP contribution in [0.25, 0.3) is 0 Å². The lowest BCUT2D eigenvalue weighted by atomic mass is 10.0. The van der Waals surface area contributed by atoms with Crippen molar-refractivity contribution < 1.29 is 22.7 Å². The molecule has 0 bridgehead atoms. The Hall–Kier alpha value is -2.58. The fourth-order valence-corrected chi connectivity index (χ4v) is 5.08. The molecule has 162 valence electrons. The zero-order valence-corrected chi connectivity index (χ0v) is 18.4. The second-order valence-corrected chi connectivity index (χ2v) is 9.39. The third-order valence-electron chi connectivity index (χ3n) is 5.33. The SMILES string of the molecule is COc1cc2c(cc1OC)CN(S(=O)(=O)CCCNC(=O)c1ccccc1C)CC2. The van der Waals surface area contributed by atoms with Gasteiger partial charge in [0.25, 0.3) is 5.91 Å². The van der Waals surface area contributed by atoms with E-state index in [1.807, 2.05) is 37.3 Å². The first kappa shape index (κ1) is 22.1. The van der Waals surface area contributed by atoms with Crippen LogP contribution in [0.3, 0.4) is 0 Å². The quantitative estimate of drug-likeness (QED) is 0.648. The molecule has 1 N–H and O–H groups in total. The second-order valence-electron chi connectivity index (χ2n) is 7.30. The molecule has 1 amide bonds. The van der Waals surface area contributed by atoms with Gasteiger partial charge in [-0.3, -0.25) is 4.79 Å². The number of amides is 1. The molecule has 1 aliphatic rings. The predicted octanol–water partition coefficient (Wildman–Crippen LogP) is 2.52. The average Bonchev–Trinajstić information content (AvgIpc) is 2.75. The highest BCUT2D eigenvalue weighted by Gasteiger charge is 2.27. The standard InChI is InChI=1S/C22H28N2O5S/c1-16-7-4-5-8-19(16)22(25)23-10-6-12-30(26,27)24-11-9-17-13-20(28-2)21(29-3)14-18(17)15-24/h4-5,7-8,13-14H,6,9-12,15H2,1-3H3,(H,23,25). The Morgan fingerprint density at radius 2 is 1.77 bits per heavy atom. The van der Waals surface area contributed by atoms with E-state index in [1.54, 1.807) is 20.3 Å². The minimum Gasteiger partial charge on any atom is -0.493 e. The smallest absolute Gasteiger partial charge is 0.251 e. The Bertz CT molecular complexity index is 1020. The van der Waals surface area contributed by atoms with E-state index in [0.717, 1.165) is 16.7 Å². The minimum absolute atomic E-state index is 0.0102. The number of carbonyl (C=O) groups is 1. The van der Waals surface area contributed by atoms with Crippen molar-refractivity contribution in [2.24, 2.45) is 0 Å². The number of rotatable bonds is 8. The molecular formula is C22H28N2O5S. The van der Waals surface area contributed by atoms with E-state index in [9.17, 15) is 13.2 Å². The molecule has 0 radical (unpaired) electrons. The van der Waals surface area contributed by atoms with E-state index < -0.39 is 10.0 Å². The monoisotopic (exact) mass is 432 g/mol. The predicted molar refractivity (Wildman–Crippen MR) is 116 cm³/mol. The van der Waals surface area contributed by atoms with E-state index >= 15 is 0 Å². The number of nitrogens with zero attached hydrogens (tertiary/aromatic N) is 1. The lowest BCUT2D eigenvalue weighted by Crippen LogP contribution is -2.38. The summed E-state index contributed by atoms with van der Waals surface area (Å²) >= 11 is 0. The Balaban J connectivity index is 1.56. The number of ether oxygens (including phenoxy) is 2. The Kier molecular flexibility index (Phi) is 6.99. The summed E-state index contributed by atoms with van der Waals surface area (Å²) in [6.07, 6.45) is 0.980. The summed E-state index contributed by atoms with van der Waals surface area (Å²) in [6, 6.07) is 11.1. The van der Waals surface area contributed by atoms with Crippen LogP contribution in [0, 0.1) is 6.92 Å². The summed E-state index contributed by atoms with van der Waals surface area (Å²) in [5, 5.41) is 2.81. The zero-order chi connectivity index (χ0) is 21.7. The second kappa shape index (κ2) is 9.49. The average molecular weight is 433 g/mol. The van der Waals surface area contributed by atoms with Crippen molar-refractivity contribution in [3.8, 4) is 11.5 Å². The number of hydrogen-bond acceptors (Lipinski definition) is 5. The van der Waals surface area contributed by atoms with Gasteiger partial charge in [-0.05, 0) is 54.7 Å². The fraction of sp³-hybridized carbons (Fsp3) is 0.409. The van der Waals surface area contributed by atoms with Crippen LogP contribution in [0.4, 0.5) is 0 Å². The molecule has 30 heavy (non-hydrogen) atoms. The maximum Gasteiger partial charge on any atom is 0.251 e. The number of methoxy groups -OCH3 is 2. The third-order valence-corrected chi connectivity index (χ3v) is 7.23. The first-order chi connectivity index (χ1) is 14.4. The Morgan fingerprint density at radius 1 is 1.10 bits per heavy atom. The van der Waals surface area contributed by atoms with Gasteiger partial charge in [-0.1, -0.05) is 18.2 Å². The summed E-state index contributed by atoms with van der Waals surface area (Å²) in [5.74, 6) is 1.05. The molecule has 2 aromatic carbocycles.